The quantitative estimate of drug-likeness (QED) is 0.901. The smallest absolute Gasteiger partial charge is 0.225 e. The largest absolute Gasteiger partial charge is 0.369 e. The summed E-state index contributed by atoms with van der Waals surface area (Å²) < 4.78 is 0. The van der Waals surface area contributed by atoms with Gasteiger partial charge in [0.15, 0.2) is 0 Å². The number of hydrogen-bond acceptors (Lipinski definition) is 1. The molecule has 2 rings (SSSR count). The molecule has 2 nitrogen and oxygen atoms in total. The van der Waals surface area contributed by atoms with Crippen LogP contribution in [0, 0.1) is 0 Å². The van der Waals surface area contributed by atoms with Crippen LogP contribution in [0.3, 0.4) is 0 Å². The van der Waals surface area contributed by atoms with E-state index in [4.69, 9.17) is 17.3 Å². The van der Waals surface area contributed by atoms with Crippen LogP contribution in [-0.2, 0) is 11.2 Å². The molecule has 0 aliphatic rings. The van der Waals surface area contributed by atoms with Crippen molar-refractivity contribution in [1.29, 1.82) is 0 Å². The number of nitrogens with two attached hydrogens (primary N) is 1. The van der Waals surface area contributed by atoms with Crippen LogP contribution in [0.15, 0.2) is 54.6 Å². The number of primary amides is 1. The minimum Gasteiger partial charge on any atom is -0.369 e. The lowest BCUT2D eigenvalue weighted by Gasteiger charge is -2.14. The predicted octanol–water partition coefficient (Wildman–Crippen LogP) is 3.15. The summed E-state index contributed by atoms with van der Waals surface area (Å²) in [6.07, 6.45) is 0.594. The molecule has 0 aromatic heterocycles. The standard InChI is InChI=1S/C15H14ClNO/c16-13-8-4-7-12(10-13)14(15(17)18)9-11-5-2-1-3-6-11/h1-8,10,14H,9H2,(H2,17,18). The van der Waals surface area contributed by atoms with Gasteiger partial charge in [0, 0.05) is 5.02 Å². The number of hydrogen-bond donors (Lipinski definition) is 1. The van der Waals surface area contributed by atoms with E-state index in [1.165, 1.54) is 0 Å². The molecule has 0 bridgehead atoms. The molecular formula is C15H14ClNO. The Hall–Kier alpha value is -1.80. The molecule has 0 heterocycles. The molecule has 0 saturated carbocycles. The maximum absolute atomic E-state index is 11.6. The van der Waals surface area contributed by atoms with E-state index in [-0.39, 0.29) is 11.8 Å². The molecule has 0 saturated heterocycles. The van der Waals surface area contributed by atoms with E-state index in [1.54, 1.807) is 12.1 Å². The van der Waals surface area contributed by atoms with Gasteiger partial charge in [0.05, 0.1) is 5.92 Å². The maximum atomic E-state index is 11.6. The lowest BCUT2D eigenvalue weighted by atomic mass is 9.91. The zero-order valence-corrected chi connectivity index (χ0v) is 10.6. The van der Waals surface area contributed by atoms with Crippen molar-refractivity contribution in [2.24, 2.45) is 5.73 Å². The highest BCUT2D eigenvalue weighted by Gasteiger charge is 2.18. The molecule has 0 radical (unpaired) electrons. The molecule has 92 valence electrons. The van der Waals surface area contributed by atoms with Gasteiger partial charge in [0.1, 0.15) is 0 Å². The Labute approximate surface area is 111 Å². The fourth-order valence-electron chi connectivity index (χ4n) is 1.96. The highest BCUT2D eigenvalue weighted by molar-refractivity contribution is 6.30. The normalized spacial score (nSPS) is 12.1. The molecule has 2 aromatic rings. The van der Waals surface area contributed by atoms with Crippen LogP contribution in [0.4, 0.5) is 0 Å². The summed E-state index contributed by atoms with van der Waals surface area (Å²) in [7, 11) is 0. The average Bonchev–Trinajstić information content (AvgIpc) is 2.37. The van der Waals surface area contributed by atoms with E-state index < -0.39 is 0 Å². The van der Waals surface area contributed by atoms with Crippen molar-refractivity contribution in [2.45, 2.75) is 12.3 Å². The Morgan fingerprint density at radius 2 is 1.83 bits per heavy atom. The Kier molecular flexibility index (Phi) is 4.00. The second kappa shape index (κ2) is 5.69. The third kappa shape index (κ3) is 3.11. The van der Waals surface area contributed by atoms with E-state index in [9.17, 15) is 4.79 Å². The minimum absolute atomic E-state index is 0.332. The summed E-state index contributed by atoms with van der Waals surface area (Å²) in [5.74, 6) is -0.674. The molecular weight excluding hydrogens is 246 g/mol. The second-order valence-electron chi connectivity index (χ2n) is 4.20. The van der Waals surface area contributed by atoms with Gasteiger partial charge in [0.25, 0.3) is 0 Å². The number of carbonyl (C=O) groups is 1. The maximum Gasteiger partial charge on any atom is 0.225 e. The number of carbonyl (C=O) groups excluding carboxylic acids is 1. The first-order valence-electron chi connectivity index (χ1n) is 5.75. The monoisotopic (exact) mass is 259 g/mol. The van der Waals surface area contributed by atoms with Crippen molar-refractivity contribution in [3.05, 3.63) is 70.7 Å². The third-order valence-electron chi connectivity index (χ3n) is 2.88. The molecule has 1 amide bonds. The third-order valence-corrected chi connectivity index (χ3v) is 3.11. The summed E-state index contributed by atoms with van der Waals surface area (Å²) in [4.78, 5) is 11.6. The van der Waals surface area contributed by atoms with Gasteiger partial charge in [-0.15, -0.1) is 0 Å². The number of amides is 1. The van der Waals surface area contributed by atoms with Crippen molar-refractivity contribution < 1.29 is 4.79 Å². The van der Waals surface area contributed by atoms with Crippen molar-refractivity contribution in [3.8, 4) is 0 Å². The van der Waals surface area contributed by atoms with E-state index in [0.29, 0.717) is 11.4 Å². The molecule has 3 heteroatoms. The Morgan fingerprint density at radius 1 is 1.11 bits per heavy atom. The van der Waals surface area contributed by atoms with Crippen LogP contribution in [-0.4, -0.2) is 5.91 Å². The summed E-state index contributed by atoms with van der Waals surface area (Å²) in [5.41, 5.74) is 7.43. The van der Waals surface area contributed by atoms with Crippen LogP contribution in [0.5, 0.6) is 0 Å². The Bertz CT molecular complexity index is 539. The highest BCUT2D eigenvalue weighted by Crippen LogP contribution is 2.23. The summed E-state index contributed by atoms with van der Waals surface area (Å²) >= 11 is 5.94. The van der Waals surface area contributed by atoms with Crippen molar-refractivity contribution in [2.75, 3.05) is 0 Å². The number of benzene rings is 2. The van der Waals surface area contributed by atoms with Crippen LogP contribution < -0.4 is 5.73 Å². The molecule has 2 aromatic carbocycles. The lowest BCUT2D eigenvalue weighted by molar-refractivity contribution is -0.119. The van der Waals surface area contributed by atoms with E-state index in [0.717, 1.165) is 11.1 Å². The minimum atomic E-state index is -0.342. The molecule has 0 fully saturated rings. The second-order valence-corrected chi connectivity index (χ2v) is 4.64. The van der Waals surface area contributed by atoms with Crippen LogP contribution >= 0.6 is 11.6 Å². The lowest BCUT2D eigenvalue weighted by Crippen LogP contribution is -2.23. The van der Waals surface area contributed by atoms with Gasteiger partial charge in [-0.3, -0.25) is 4.79 Å². The molecule has 0 aliphatic carbocycles. The van der Waals surface area contributed by atoms with E-state index in [1.807, 2.05) is 42.5 Å². The van der Waals surface area contributed by atoms with Gasteiger partial charge in [-0.1, -0.05) is 54.1 Å². The zero-order chi connectivity index (χ0) is 13.0. The summed E-state index contributed by atoms with van der Waals surface area (Å²) in [6, 6.07) is 17.1. The van der Waals surface area contributed by atoms with Crippen molar-refractivity contribution in [1.82, 2.24) is 0 Å². The Morgan fingerprint density at radius 3 is 2.44 bits per heavy atom. The first kappa shape index (κ1) is 12.7. The average molecular weight is 260 g/mol. The SMILES string of the molecule is NC(=O)C(Cc1ccccc1)c1cccc(Cl)c1. The first-order chi connectivity index (χ1) is 8.66. The molecule has 18 heavy (non-hydrogen) atoms. The van der Waals surface area contributed by atoms with Gasteiger partial charge in [-0.2, -0.15) is 0 Å². The number of rotatable bonds is 4. The fourth-order valence-corrected chi connectivity index (χ4v) is 2.15. The summed E-state index contributed by atoms with van der Waals surface area (Å²) in [5, 5.41) is 0.617. The van der Waals surface area contributed by atoms with Crippen molar-refractivity contribution in [3.63, 3.8) is 0 Å². The van der Waals surface area contributed by atoms with Gasteiger partial charge >= 0.3 is 0 Å². The van der Waals surface area contributed by atoms with Crippen LogP contribution in [0.1, 0.15) is 17.0 Å². The van der Waals surface area contributed by atoms with Gasteiger partial charge in [-0.05, 0) is 29.7 Å². The van der Waals surface area contributed by atoms with E-state index >= 15 is 0 Å². The molecule has 2 N–H and O–H groups in total. The van der Waals surface area contributed by atoms with Gasteiger partial charge < -0.3 is 5.73 Å². The number of halogens is 1. The predicted molar refractivity (Wildman–Crippen MR) is 73.5 cm³/mol. The van der Waals surface area contributed by atoms with Crippen molar-refractivity contribution >= 4 is 17.5 Å². The Balaban J connectivity index is 2.27. The zero-order valence-electron chi connectivity index (χ0n) is 9.84. The van der Waals surface area contributed by atoms with Gasteiger partial charge in [0.2, 0.25) is 5.91 Å². The molecule has 1 unspecified atom stereocenters. The van der Waals surface area contributed by atoms with Crippen LogP contribution in [0.25, 0.3) is 0 Å². The fraction of sp³-hybridized carbons (Fsp3) is 0.133. The van der Waals surface area contributed by atoms with E-state index in [2.05, 4.69) is 0 Å². The first-order valence-corrected chi connectivity index (χ1v) is 6.13. The molecule has 1 atom stereocenters. The molecule has 0 spiro atoms. The topological polar surface area (TPSA) is 43.1 Å². The van der Waals surface area contributed by atoms with Gasteiger partial charge in [-0.25, -0.2) is 0 Å². The van der Waals surface area contributed by atoms with Crippen LogP contribution in [0.2, 0.25) is 5.02 Å². The summed E-state index contributed by atoms with van der Waals surface area (Å²) in [6.45, 7) is 0. The molecule has 0 aliphatic heterocycles. The highest BCUT2D eigenvalue weighted by atomic mass is 35.5.